The van der Waals surface area contributed by atoms with Crippen LogP contribution in [0.1, 0.15) is 12.8 Å². The second kappa shape index (κ2) is 4.73. The van der Waals surface area contributed by atoms with Crippen molar-refractivity contribution in [2.45, 2.75) is 12.8 Å². The molecule has 0 radical (unpaired) electrons. The summed E-state index contributed by atoms with van der Waals surface area (Å²) in [6.45, 7) is 0.569. The molecule has 0 aliphatic rings. The zero-order chi connectivity index (χ0) is 12.3. The van der Waals surface area contributed by atoms with Crippen LogP contribution in [-0.2, 0) is 4.79 Å². The van der Waals surface area contributed by atoms with Crippen molar-refractivity contribution in [2.75, 3.05) is 11.9 Å². The lowest BCUT2D eigenvalue weighted by Gasteiger charge is -2.04. The zero-order valence-corrected chi connectivity index (χ0v) is 9.03. The van der Waals surface area contributed by atoms with Crippen LogP contribution in [0.3, 0.4) is 0 Å². The first-order valence-corrected chi connectivity index (χ1v) is 5.24. The first-order chi connectivity index (χ1) is 8.15. The number of oxazole rings is 1. The molecular formula is C11H12N2O4. The van der Waals surface area contributed by atoms with E-state index in [9.17, 15) is 9.59 Å². The largest absolute Gasteiger partial charge is 0.481 e. The van der Waals surface area contributed by atoms with Gasteiger partial charge in [-0.15, -0.1) is 0 Å². The fourth-order valence-corrected chi connectivity index (χ4v) is 1.53. The summed E-state index contributed by atoms with van der Waals surface area (Å²) < 4.78 is 4.86. The summed E-state index contributed by atoms with van der Waals surface area (Å²) in [7, 11) is 0. The van der Waals surface area contributed by atoms with Crippen molar-refractivity contribution in [1.29, 1.82) is 0 Å². The number of carboxylic acid groups (broad SMARTS) is 1. The lowest BCUT2D eigenvalue weighted by atomic mass is 10.2. The smallest absolute Gasteiger partial charge is 0.417 e. The highest BCUT2D eigenvalue weighted by atomic mass is 16.4. The molecule has 0 spiro atoms. The van der Waals surface area contributed by atoms with Crippen LogP contribution in [0.25, 0.3) is 11.1 Å². The van der Waals surface area contributed by atoms with Crippen LogP contribution >= 0.6 is 0 Å². The standard InChI is InChI=1S/C11H12N2O4/c14-10(15)2-1-5-12-7-3-4-9-8(6-7)13-11(16)17-9/h3-4,6,12H,1-2,5H2,(H,13,16)(H,14,15). The number of fused-ring (bicyclic) bond motifs is 1. The summed E-state index contributed by atoms with van der Waals surface area (Å²) in [5.74, 6) is -1.29. The van der Waals surface area contributed by atoms with Gasteiger partial charge < -0.3 is 14.8 Å². The van der Waals surface area contributed by atoms with Crippen LogP contribution in [0.4, 0.5) is 5.69 Å². The number of carbonyl (C=O) groups is 1. The number of rotatable bonds is 5. The van der Waals surface area contributed by atoms with Crippen LogP contribution in [-0.4, -0.2) is 22.6 Å². The van der Waals surface area contributed by atoms with Gasteiger partial charge in [0, 0.05) is 18.7 Å². The Morgan fingerprint density at radius 3 is 3.06 bits per heavy atom. The lowest BCUT2D eigenvalue weighted by Crippen LogP contribution is -2.04. The molecule has 0 bridgehead atoms. The molecule has 90 valence electrons. The number of nitrogens with one attached hydrogen (secondary N) is 2. The minimum absolute atomic E-state index is 0.137. The van der Waals surface area contributed by atoms with E-state index in [1.165, 1.54) is 0 Å². The minimum Gasteiger partial charge on any atom is -0.481 e. The number of anilines is 1. The summed E-state index contributed by atoms with van der Waals surface area (Å²) in [4.78, 5) is 23.8. The normalized spacial score (nSPS) is 10.6. The van der Waals surface area contributed by atoms with E-state index in [4.69, 9.17) is 9.52 Å². The van der Waals surface area contributed by atoms with Crippen LogP contribution in [0, 0.1) is 0 Å². The summed E-state index contributed by atoms with van der Waals surface area (Å²) in [5.41, 5.74) is 1.95. The number of aromatic nitrogens is 1. The van der Waals surface area contributed by atoms with E-state index in [-0.39, 0.29) is 6.42 Å². The van der Waals surface area contributed by atoms with Gasteiger partial charge in [-0.25, -0.2) is 4.79 Å². The lowest BCUT2D eigenvalue weighted by molar-refractivity contribution is -0.137. The van der Waals surface area contributed by atoms with E-state index in [0.29, 0.717) is 24.1 Å². The van der Waals surface area contributed by atoms with Crippen molar-refractivity contribution in [3.05, 3.63) is 28.7 Å². The highest BCUT2D eigenvalue weighted by molar-refractivity contribution is 5.76. The fourth-order valence-electron chi connectivity index (χ4n) is 1.53. The van der Waals surface area contributed by atoms with Crippen molar-refractivity contribution in [3.63, 3.8) is 0 Å². The third kappa shape index (κ3) is 2.87. The molecule has 0 amide bonds. The van der Waals surface area contributed by atoms with Crippen molar-refractivity contribution in [1.82, 2.24) is 4.98 Å². The molecule has 1 aromatic heterocycles. The Morgan fingerprint density at radius 1 is 1.47 bits per heavy atom. The Hall–Kier alpha value is -2.24. The molecular weight excluding hydrogens is 224 g/mol. The van der Waals surface area contributed by atoms with Gasteiger partial charge in [-0.1, -0.05) is 0 Å². The molecule has 0 atom stereocenters. The van der Waals surface area contributed by atoms with Crippen LogP contribution in [0.5, 0.6) is 0 Å². The van der Waals surface area contributed by atoms with Gasteiger partial charge in [0.25, 0.3) is 0 Å². The summed E-state index contributed by atoms with van der Waals surface area (Å²) >= 11 is 0. The highest BCUT2D eigenvalue weighted by Gasteiger charge is 2.02. The van der Waals surface area contributed by atoms with E-state index in [1.807, 2.05) is 0 Å². The quantitative estimate of drug-likeness (QED) is 0.682. The van der Waals surface area contributed by atoms with E-state index in [2.05, 4.69) is 10.3 Å². The van der Waals surface area contributed by atoms with Crippen molar-refractivity contribution in [2.24, 2.45) is 0 Å². The van der Waals surface area contributed by atoms with Crippen molar-refractivity contribution in [3.8, 4) is 0 Å². The van der Waals surface area contributed by atoms with Gasteiger partial charge in [0.2, 0.25) is 0 Å². The third-order valence-corrected chi connectivity index (χ3v) is 2.32. The molecule has 1 heterocycles. The molecule has 0 saturated carbocycles. The van der Waals surface area contributed by atoms with E-state index < -0.39 is 11.7 Å². The first-order valence-electron chi connectivity index (χ1n) is 5.24. The highest BCUT2D eigenvalue weighted by Crippen LogP contribution is 2.15. The second-order valence-electron chi connectivity index (χ2n) is 3.65. The number of benzene rings is 1. The molecule has 0 unspecified atom stereocenters. The monoisotopic (exact) mass is 236 g/mol. The van der Waals surface area contributed by atoms with E-state index in [0.717, 1.165) is 5.69 Å². The average molecular weight is 236 g/mol. The summed E-state index contributed by atoms with van der Waals surface area (Å²) in [5, 5.41) is 11.5. The van der Waals surface area contributed by atoms with Crippen LogP contribution in [0.2, 0.25) is 0 Å². The number of hydrogen-bond donors (Lipinski definition) is 3. The first kappa shape index (κ1) is 11.3. The van der Waals surface area contributed by atoms with Crippen LogP contribution < -0.4 is 11.1 Å². The number of hydrogen-bond acceptors (Lipinski definition) is 4. The van der Waals surface area contributed by atoms with Gasteiger partial charge in [-0.05, 0) is 24.6 Å². The molecule has 0 fully saturated rings. The van der Waals surface area contributed by atoms with Gasteiger partial charge >= 0.3 is 11.7 Å². The van der Waals surface area contributed by atoms with E-state index in [1.54, 1.807) is 18.2 Å². The Bertz CT molecular complexity index is 584. The summed E-state index contributed by atoms with van der Waals surface area (Å²) in [6.07, 6.45) is 0.688. The fraction of sp³-hybridized carbons (Fsp3) is 0.273. The number of aromatic amines is 1. The molecule has 0 aliphatic carbocycles. The number of carboxylic acids is 1. The Kier molecular flexibility index (Phi) is 3.13. The second-order valence-corrected chi connectivity index (χ2v) is 3.65. The SMILES string of the molecule is O=C(O)CCCNc1ccc2oc(=O)[nH]c2c1. The molecule has 2 rings (SSSR count). The van der Waals surface area contributed by atoms with E-state index >= 15 is 0 Å². The van der Waals surface area contributed by atoms with Gasteiger partial charge in [-0.2, -0.15) is 0 Å². The Balaban J connectivity index is 1.99. The molecule has 6 heteroatoms. The maximum atomic E-state index is 10.9. The zero-order valence-electron chi connectivity index (χ0n) is 9.03. The van der Waals surface area contributed by atoms with Crippen LogP contribution in [0.15, 0.2) is 27.4 Å². The molecule has 6 nitrogen and oxygen atoms in total. The molecule has 2 aromatic rings. The molecule has 17 heavy (non-hydrogen) atoms. The maximum absolute atomic E-state index is 10.9. The van der Waals surface area contributed by atoms with Crippen molar-refractivity contribution < 1.29 is 14.3 Å². The Labute approximate surface area is 96.3 Å². The van der Waals surface area contributed by atoms with Gasteiger partial charge in [0.05, 0.1) is 5.52 Å². The average Bonchev–Trinajstić information content (AvgIpc) is 2.63. The predicted molar refractivity (Wildman–Crippen MR) is 62.2 cm³/mol. The molecule has 3 N–H and O–H groups in total. The van der Waals surface area contributed by atoms with Gasteiger partial charge in [-0.3, -0.25) is 9.78 Å². The third-order valence-electron chi connectivity index (χ3n) is 2.32. The van der Waals surface area contributed by atoms with Gasteiger partial charge in [0.1, 0.15) is 0 Å². The van der Waals surface area contributed by atoms with Crippen molar-refractivity contribution >= 4 is 22.8 Å². The number of H-pyrrole nitrogens is 1. The predicted octanol–water partition coefficient (Wildman–Crippen LogP) is 1.40. The molecule has 0 aliphatic heterocycles. The maximum Gasteiger partial charge on any atom is 0.417 e. The molecule has 1 aromatic carbocycles. The summed E-state index contributed by atoms with van der Waals surface area (Å²) in [6, 6.07) is 5.22. The van der Waals surface area contributed by atoms with Gasteiger partial charge in [0.15, 0.2) is 5.58 Å². The molecule has 0 saturated heterocycles. The number of aliphatic carboxylic acids is 1. The minimum atomic E-state index is -0.804. The Morgan fingerprint density at radius 2 is 2.29 bits per heavy atom. The topological polar surface area (TPSA) is 95.3 Å².